The van der Waals surface area contributed by atoms with Gasteiger partial charge in [-0.25, -0.2) is 0 Å². The van der Waals surface area contributed by atoms with Crippen molar-refractivity contribution in [1.82, 2.24) is 0 Å². The molecular weight excluding hydrogens is 405 g/mol. The second-order valence-electron chi connectivity index (χ2n) is 5.84. The van der Waals surface area contributed by atoms with E-state index in [1.165, 1.54) is 27.2 Å². The van der Waals surface area contributed by atoms with Crippen LogP contribution in [0.4, 0.5) is 11.4 Å². The van der Waals surface area contributed by atoms with E-state index >= 15 is 0 Å². The fraction of sp³-hybridized carbons (Fsp3) is 0.263. The molecule has 0 saturated carbocycles. The van der Waals surface area contributed by atoms with E-state index in [-0.39, 0.29) is 16.5 Å². The van der Waals surface area contributed by atoms with Gasteiger partial charge in [0.25, 0.3) is 5.91 Å². The quantitative estimate of drug-likeness (QED) is 0.501. The van der Waals surface area contributed by atoms with Crippen LogP contribution in [0.1, 0.15) is 12.5 Å². The van der Waals surface area contributed by atoms with Crippen molar-refractivity contribution < 1.29 is 19.1 Å². The van der Waals surface area contributed by atoms with Gasteiger partial charge in [0, 0.05) is 0 Å². The number of Topliss-reactive ketones (excluding diaryl/α,β-unsaturated/α-hetero) is 1. The van der Waals surface area contributed by atoms with Crippen molar-refractivity contribution in [2.45, 2.75) is 19.9 Å². The van der Waals surface area contributed by atoms with E-state index in [1.54, 1.807) is 24.3 Å². The first-order chi connectivity index (χ1) is 13.3. The van der Waals surface area contributed by atoms with Crippen molar-refractivity contribution in [3.8, 4) is 11.5 Å². The molecule has 1 atom stereocenters. The van der Waals surface area contributed by atoms with Gasteiger partial charge in [0.1, 0.15) is 10.7 Å². The Kier molecular flexibility index (Phi) is 7.37. The van der Waals surface area contributed by atoms with Gasteiger partial charge in [-0.2, -0.15) is 10.2 Å². The number of hydrogen-bond acceptors (Lipinski definition) is 6. The molecule has 0 aliphatic rings. The summed E-state index contributed by atoms with van der Waals surface area (Å²) in [5, 5.41) is 10.9. The molecule has 1 amide bonds. The lowest BCUT2D eigenvalue weighted by Crippen LogP contribution is -2.32. The Morgan fingerprint density at radius 3 is 2.39 bits per heavy atom. The number of nitrogens with zero attached hydrogens (tertiary/aromatic N) is 2. The highest BCUT2D eigenvalue weighted by Crippen LogP contribution is 2.40. The third kappa shape index (κ3) is 4.99. The highest BCUT2D eigenvalue weighted by molar-refractivity contribution is 6.35. The van der Waals surface area contributed by atoms with Crippen LogP contribution < -0.4 is 14.8 Å². The Bertz CT molecular complexity index is 932. The molecular formula is C19H19Cl2N3O4. The van der Waals surface area contributed by atoms with Gasteiger partial charge in [-0.1, -0.05) is 29.3 Å². The number of azo groups is 1. The molecule has 0 bridgehead atoms. The average Bonchev–Trinajstić information content (AvgIpc) is 2.64. The monoisotopic (exact) mass is 423 g/mol. The Morgan fingerprint density at radius 1 is 1.11 bits per heavy atom. The van der Waals surface area contributed by atoms with Crippen molar-refractivity contribution in [2.75, 3.05) is 19.5 Å². The van der Waals surface area contributed by atoms with Crippen LogP contribution in [-0.4, -0.2) is 32.0 Å². The van der Waals surface area contributed by atoms with Crippen molar-refractivity contribution >= 4 is 46.3 Å². The molecule has 28 heavy (non-hydrogen) atoms. The maximum absolute atomic E-state index is 12.6. The van der Waals surface area contributed by atoms with Gasteiger partial charge < -0.3 is 14.8 Å². The maximum Gasteiger partial charge on any atom is 0.258 e. The summed E-state index contributed by atoms with van der Waals surface area (Å²) < 4.78 is 10.3. The lowest BCUT2D eigenvalue weighted by Gasteiger charge is -2.14. The number of anilines is 1. The first-order valence-electron chi connectivity index (χ1n) is 8.17. The summed E-state index contributed by atoms with van der Waals surface area (Å²) >= 11 is 12.4. The molecule has 2 rings (SSSR count). The number of nitrogens with one attached hydrogen (secondary N) is 1. The number of rotatable bonds is 7. The Hall–Kier alpha value is -2.64. The van der Waals surface area contributed by atoms with Crippen molar-refractivity contribution in [2.24, 2.45) is 10.2 Å². The smallest absolute Gasteiger partial charge is 0.258 e. The van der Waals surface area contributed by atoms with Crippen LogP contribution in [0.15, 0.2) is 40.6 Å². The molecule has 1 unspecified atom stereocenters. The second-order valence-corrected chi connectivity index (χ2v) is 6.62. The number of methoxy groups -OCH3 is 2. The largest absolute Gasteiger partial charge is 0.493 e. The van der Waals surface area contributed by atoms with Crippen LogP contribution >= 0.6 is 23.2 Å². The van der Waals surface area contributed by atoms with Crippen LogP contribution in [0.5, 0.6) is 11.5 Å². The summed E-state index contributed by atoms with van der Waals surface area (Å²) in [5.41, 5.74) is 1.56. The molecule has 0 radical (unpaired) electrons. The zero-order chi connectivity index (χ0) is 20.8. The van der Waals surface area contributed by atoms with Crippen molar-refractivity contribution in [3.63, 3.8) is 0 Å². The minimum atomic E-state index is -1.36. The molecule has 0 aromatic heterocycles. The summed E-state index contributed by atoms with van der Waals surface area (Å²) in [5.74, 6) is -0.508. The number of ether oxygens (including phenoxy) is 2. The average molecular weight is 424 g/mol. The van der Waals surface area contributed by atoms with Gasteiger partial charge in [0.2, 0.25) is 6.04 Å². The summed E-state index contributed by atoms with van der Waals surface area (Å²) in [6.45, 7) is 3.13. The highest BCUT2D eigenvalue weighted by Gasteiger charge is 2.25. The normalized spacial score (nSPS) is 11.9. The van der Waals surface area contributed by atoms with Gasteiger partial charge in [-0.05, 0) is 43.7 Å². The van der Waals surface area contributed by atoms with Gasteiger partial charge in [0.15, 0.2) is 17.3 Å². The fourth-order valence-corrected chi connectivity index (χ4v) is 2.87. The molecule has 1 N–H and O–H groups in total. The molecule has 0 aliphatic heterocycles. The molecule has 0 heterocycles. The number of amides is 1. The number of hydrogen-bond donors (Lipinski definition) is 1. The van der Waals surface area contributed by atoms with Crippen LogP contribution in [-0.2, 0) is 9.59 Å². The molecule has 0 aliphatic carbocycles. The second kappa shape index (κ2) is 9.52. The number of carbonyl (C=O) groups excluding carboxylic acids is 2. The Balaban J connectivity index is 2.26. The van der Waals surface area contributed by atoms with E-state index in [0.717, 1.165) is 5.56 Å². The summed E-state index contributed by atoms with van der Waals surface area (Å²) in [6.07, 6.45) is 0. The van der Waals surface area contributed by atoms with Crippen LogP contribution in [0.2, 0.25) is 10.0 Å². The van der Waals surface area contributed by atoms with Crippen molar-refractivity contribution in [3.05, 3.63) is 45.9 Å². The van der Waals surface area contributed by atoms with Crippen molar-refractivity contribution in [1.29, 1.82) is 0 Å². The summed E-state index contributed by atoms with van der Waals surface area (Å²) in [7, 11) is 2.89. The van der Waals surface area contributed by atoms with Gasteiger partial charge in [0.05, 0.1) is 24.9 Å². The predicted octanol–water partition coefficient (Wildman–Crippen LogP) is 5.00. The highest BCUT2D eigenvalue weighted by atomic mass is 35.5. The van der Waals surface area contributed by atoms with Gasteiger partial charge >= 0.3 is 0 Å². The summed E-state index contributed by atoms with van der Waals surface area (Å²) in [6, 6.07) is 6.92. The van der Waals surface area contributed by atoms with Crippen LogP contribution in [0, 0.1) is 6.92 Å². The zero-order valence-electron chi connectivity index (χ0n) is 15.7. The van der Waals surface area contributed by atoms with Crippen LogP contribution in [0.25, 0.3) is 0 Å². The number of halogens is 2. The van der Waals surface area contributed by atoms with Gasteiger partial charge in [-0.3, -0.25) is 9.59 Å². The van der Waals surface area contributed by atoms with E-state index in [9.17, 15) is 9.59 Å². The lowest BCUT2D eigenvalue weighted by molar-refractivity contribution is -0.126. The maximum atomic E-state index is 12.6. The van der Waals surface area contributed by atoms with Crippen LogP contribution in [0.3, 0.4) is 0 Å². The van der Waals surface area contributed by atoms with E-state index in [1.807, 2.05) is 6.92 Å². The topological polar surface area (TPSA) is 89.4 Å². The molecule has 0 saturated heterocycles. The minimum Gasteiger partial charge on any atom is -0.493 e. The van der Waals surface area contributed by atoms with E-state index in [4.69, 9.17) is 32.7 Å². The molecule has 148 valence electrons. The molecule has 2 aromatic rings. The Labute approximate surface area is 172 Å². The molecule has 0 spiro atoms. The number of aryl methyl sites for hydroxylation is 1. The van der Waals surface area contributed by atoms with E-state index < -0.39 is 17.7 Å². The molecule has 7 nitrogen and oxygen atoms in total. The van der Waals surface area contributed by atoms with E-state index in [2.05, 4.69) is 15.5 Å². The molecule has 2 aromatic carbocycles. The lowest BCUT2D eigenvalue weighted by atomic mass is 10.2. The Morgan fingerprint density at radius 2 is 1.82 bits per heavy atom. The third-order valence-corrected chi connectivity index (χ3v) is 4.44. The summed E-state index contributed by atoms with van der Waals surface area (Å²) in [4.78, 5) is 24.5. The minimum absolute atomic E-state index is 0.135. The standard InChI is InChI=1S/C19H19Cl2N3O4/c1-10-5-6-13(12(20)9-10)23-24-17(11(2)25)19(26)22-14-7-8-15(27-3)18(28-4)16(14)21/h5-9,17H,1-4H3,(H,22,26). The third-order valence-electron chi connectivity index (χ3n) is 3.76. The molecule has 9 heteroatoms. The number of ketones is 1. The number of carbonyl (C=O) groups is 2. The fourth-order valence-electron chi connectivity index (χ4n) is 2.32. The number of benzene rings is 2. The first kappa shape index (κ1) is 21.7. The predicted molar refractivity (Wildman–Crippen MR) is 108 cm³/mol. The van der Waals surface area contributed by atoms with E-state index in [0.29, 0.717) is 16.5 Å². The zero-order valence-corrected chi connectivity index (χ0v) is 17.3. The first-order valence-corrected chi connectivity index (χ1v) is 8.92. The SMILES string of the molecule is COc1ccc(NC(=O)C(N=Nc2ccc(C)cc2Cl)C(C)=O)c(Cl)c1OC. The molecule has 0 fully saturated rings. The van der Waals surface area contributed by atoms with Gasteiger partial charge in [-0.15, -0.1) is 0 Å².